The van der Waals surface area contributed by atoms with Gasteiger partial charge in [-0.25, -0.2) is 4.79 Å². The molecule has 1 aromatic heterocycles. The normalized spacial score (nSPS) is 23.6. The van der Waals surface area contributed by atoms with Gasteiger partial charge in [-0.3, -0.25) is 9.59 Å². The second kappa shape index (κ2) is 7.85. The van der Waals surface area contributed by atoms with E-state index in [1.807, 2.05) is 31.2 Å². The molecule has 2 fully saturated rings. The average Bonchev–Trinajstić information content (AvgIpc) is 3.09. The number of aromatic nitrogens is 1. The molecular formula is C23H26N2O4. The molecule has 1 amide bonds. The van der Waals surface area contributed by atoms with E-state index in [-0.39, 0.29) is 23.1 Å². The summed E-state index contributed by atoms with van der Waals surface area (Å²) in [6.07, 6.45) is 5.97. The molecule has 1 saturated carbocycles. The lowest BCUT2D eigenvalue weighted by atomic mass is 9.84. The number of rotatable bonds is 4. The van der Waals surface area contributed by atoms with Crippen molar-refractivity contribution in [3.8, 4) is 0 Å². The Kier molecular flexibility index (Phi) is 5.26. The maximum atomic E-state index is 13.3. The first-order valence-corrected chi connectivity index (χ1v) is 10.3. The molecule has 1 saturated heterocycles. The van der Waals surface area contributed by atoms with Gasteiger partial charge in [-0.15, -0.1) is 0 Å². The van der Waals surface area contributed by atoms with Crippen LogP contribution < -0.4 is 5.56 Å². The molecule has 0 unspecified atom stereocenters. The van der Waals surface area contributed by atoms with Crippen molar-refractivity contribution in [3.63, 3.8) is 0 Å². The van der Waals surface area contributed by atoms with E-state index in [0.717, 1.165) is 36.8 Å². The third-order valence-electron chi connectivity index (χ3n) is 6.29. The minimum absolute atomic E-state index is 0.0534. The number of likely N-dealkylation sites (tertiary alicyclic amines) is 1. The Bertz CT molecular complexity index is 996. The van der Waals surface area contributed by atoms with Crippen LogP contribution in [0.4, 0.5) is 0 Å². The number of carbonyl (C=O) groups is 2. The molecule has 2 aliphatic rings. The van der Waals surface area contributed by atoms with E-state index in [0.29, 0.717) is 13.0 Å². The molecule has 152 valence electrons. The van der Waals surface area contributed by atoms with Crippen LogP contribution in [-0.2, 0) is 11.3 Å². The first kappa shape index (κ1) is 19.4. The number of fused-ring (bicyclic) bond motifs is 1. The predicted molar refractivity (Wildman–Crippen MR) is 109 cm³/mol. The summed E-state index contributed by atoms with van der Waals surface area (Å²) in [6.45, 7) is 2.36. The Morgan fingerprint density at radius 1 is 1.14 bits per heavy atom. The fourth-order valence-electron chi connectivity index (χ4n) is 4.94. The number of aliphatic carboxylic acids is 1. The molecule has 6 nitrogen and oxygen atoms in total. The van der Waals surface area contributed by atoms with Gasteiger partial charge in [0.15, 0.2) is 0 Å². The van der Waals surface area contributed by atoms with Crippen molar-refractivity contribution >= 4 is 11.9 Å². The zero-order valence-electron chi connectivity index (χ0n) is 16.6. The lowest BCUT2D eigenvalue weighted by Crippen LogP contribution is -2.48. The summed E-state index contributed by atoms with van der Waals surface area (Å²) < 4.78 is 1.52. The van der Waals surface area contributed by atoms with E-state index in [4.69, 9.17) is 0 Å². The van der Waals surface area contributed by atoms with Crippen molar-refractivity contribution < 1.29 is 14.7 Å². The highest BCUT2D eigenvalue weighted by Crippen LogP contribution is 2.40. The number of pyridine rings is 1. The lowest BCUT2D eigenvalue weighted by molar-refractivity contribution is -0.141. The molecular weight excluding hydrogens is 368 g/mol. The quantitative estimate of drug-likeness (QED) is 0.864. The predicted octanol–water partition coefficient (Wildman–Crippen LogP) is 3.06. The van der Waals surface area contributed by atoms with Crippen molar-refractivity contribution in [3.05, 3.63) is 69.6 Å². The van der Waals surface area contributed by atoms with Crippen LogP contribution >= 0.6 is 0 Å². The Morgan fingerprint density at radius 2 is 1.93 bits per heavy atom. The smallest absolute Gasteiger partial charge is 0.326 e. The van der Waals surface area contributed by atoms with Gasteiger partial charge in [-0.2, -0.15) is 0 Å². The van der Waals surface area contributed by atoms with Crippen LogP contribution in [0.2, 0.25) is 0 Å². The second-order valence-electron chi connectivity index (χ2n) is 8.26. The summed E-state index contributed by atoms with van der Waals surface area (Å²) in [7, 11) is 0. The Morgan fingerprint density at radius 3 is 2.69 bits per heavy atom. The van der Waals surface area contributed by atoms with Gasteiger partial charge in [0, 0.05) is 12.2 Å². The number of nitrogens with zero attached hydrogens (tertiary/aromatic N) is 2. The highest BCUT2D eigenvalue weighted by molar-refractivity contribution is 5.97. The number of carboxylic acids is 1. The van der Waals surface area contributed by atoms with Crippen molar-refractivity contribution in [2.24, 2.45) is 5.92 Å². The standard InChI is InChI=1S/C23H26N2O4/c1-15-6-4-7-16(12-15)14-24-11-5-9-18(21(24)26)22(27)25-19-10-3-2-8-17(19)13-20(25)23(28)29/h4-7,9,11-12,17,19-20H,2-3,8,10,13-14H2,1H3,(H,28,29)/t17-,19+,20-/m0/s1. The van der Waals surface area contributed by atoms with E-state index in [9.17, 15) is 19.5 Å². The molecule has 4 rings (SSSR count). The summed E-state index contributed by atoms with van der Waals surface area (Å²) in [5, 5.41) is 9.69. The molecule has 2 aromatic rings. The molecule has 0 spiro atoms. The summed E-state index contributed by atoms with van der Waals surface area (Å²) >= 11 is 0. The van der Waals surface area contributed by atoms with Crippen molar-refractivity contribution in [1.82, 2.24) is 9.47 Å². The maximum Gasteiger partial charge on any atom is 0.326 e. The molecule has 29 heavy (non-hydrogen) atoms. The Labute approximate surface area is 169 Å². The van der Waals surface area contributed by atoms with Gasteiger partial charge < -0.3 is 14.6 Å². The molecule has 6 heteroatoms. The van der Waals surface area contributed by atoms with Crippen LogP contribution in [0.3, 0.4) is 0 Å². The van der Waals surface area contributed by atoms with Gasteiger partial charge >= 0.3 is 5.97 Å². The first-order chi connectivity index (χ1) is 14.0. The van der Waals surface area contributed by atoms with Crippen LogP contribution in [0.1, 0.15) is 53.6 Å². The van der Waals surface area contributed by atoms with E-state index >= 15 is 0 Å². The highest BCUT2D eigenvalue weighted by Gasteiger charge is 2.48. The fourth-order valence-corrected chi connectivity index (χ4v) is 4.94. The van der Waals surface area contributed by atoms with Gasteiger partial charge in [0.2, 0.25) is 0 Å². The Balaban J connectivity index is 1.66. The SMILES string of the molecule is Cc1cccc(Cn2cccc(C(=O)N3[C@@H]4CCCC[C@H]4C[C@H]3C(=O)O)c2=O)c1. The molecule has 3 atom stereocenters. The maximum absolute atomic E-state index is 13.3. The summed E-state index contributed by atoms with van der Waals surface area (Å²) in [5.74, 6) is -1.22. The third kappa shape index (κ3) is 3.71. The zero-order chi connectivity index (χ0) is 20.5. The van der Waals surface area contributed by atoms with Gasteiger partial charge in [0.1, 0.15) is 11.6 Å². The summed E-state index contributed by atoms with van der Waals surface area (Å²) in [5.41, 5.74) is 1.76. The van der Waals surface area contributed by atoms with Crippen LogP contribution in [0.5, 0.6) is 0 Å². The molecule has 0 radical (unpaired) electrons. The minimum atomic E-state index is -0.983. The first-order valence-electron chi connectivity index (χ1n) is 10.3. The molecule has 1 aromatic carbocycles. The highest BCUT2D eigenvalue weighted by atomic mass is 16.4. The van der Waals surface area contributed by atoms with Gasteiger partial charge in [-0.1, -0.05) is 42.7 Å². The third-order valence-corrected chi connectivity index (χ3v) is 6.29. The van der Waals surface area contributed by atoms with Gasteiger partial charge in [-0.05, 0) is 49.8 Å². The number of hydrogen-bond donors (Lipinski definition) is 1. The largest absolute Gasteiger partial charge is 0.480 e. The number of amides is 1. The van der Waals surface area contributed by atoms with Gasteiger partial charge in [0.05, 0.1) is 6.54 Å². The van der Waals surface area contributed by atoms with Crippen LogP contribution in [0, 0.1) is 12.8 Å². The monoisotopic (exact) mass is 394 g/mol. The zero-order valence-corrected chi connectivity index (χ0v) is 16.6. The van der Waals surface area contributed by atoms with E-state index in [2.05, 4.69) is 0 Å². The molecule has 1 N–H and O–H groups in total. The lowest BCUT2D eigenvalue weighted by Gasteiger charge is -2.33. The van der Waals surface area contributed by atoms with E-state index in [1.165, 1.54) is 15.5 Å². The van der Waals surface area contributed by atoms with Crippen LogP contribution in [0.15, 0.2) is 47.4 Å². The van der Waals surface area contributed by atoms with E-state index in [1.54, 1.807) is 12.3 Å². The minimum Gasteiger partial charge on any atom is -0.480 e. The molecule has 2 heterocycles. The van der Waals surface area contributed by atoms with E-state index < -0.39 is 17.9 Å². The van der Waals surface area contributed by atoms with Crippen molar-refractivity contribution in [2.75, 3.05) is 0 Å². The van der Waals surface area contributed by atoms with Crippen LogP contribution in [0.25, 0.3) is 0 Å². The van der Waals surface area contributed by atoms with Crippen molar-refractivity contribution in [1.29, 1.82) is 0 Å². The summed E-state index contributed by atoms with van der Waals surface area (Å²) in [6, 6.07) is 10.2. The van der Waals surface area contributed by atoms with Crippen molar-refractivity contribution in [2.45, 2.75) is 57.7 Å². The molecule has 1 aliphatic carbocycles. The number of carbonyl (C=O) groups excluding carboxylic acids is 1. The molecule has 1 aliphatic heterocycles. The molecule has 0 bridgehead atoms. The second-order valence-corrected chi connectivity index (χ2v) is 8.26. The summed E-state index contributed by atoms with van der Waals surface area (Å²) in [4.78, 5) is 39.7. The number of benzene rings is 1. The van der Waals surface area contributed by atoms with Gasteiger partial charge in [0.25, 0.3) is 11.5 Å². The number of aryl methyl sites for hydroxylation is 1. The topological polar surface area (TPSA) is 79.6 Å². The number of hydrogen-bond acceptors (Lipinski definition) is 3. The number of carboxylic acid groups (broad SMARTS) is 1. The average molecular weight is 394 g/mol. The Hall–Kier alpha value is -2.89. The fraction of sp³-hybridized carbons (Fsp3) is 0.435. The van der Waals surface area contributed by atoms with Crippen LogP contribution in [-0.4, -0.2) is 38.5 Å².